The molecule has 0 unspecified atom stereocenters. The predicted octanol–water partition coefficient (Wildman–Crippen LogP) is 2.17. The van der Waals surface area contributed by atoms with Gasteiger partial charge >= 0.3 is 0 Å². The van der Waals surface area contributed by atoms with Crippen LogP contribution in [0.4, 0.5) is 17.3 Å². The van der Waals surface area contributed by atoms with Crippen molar-refractivity contribution in [2.45, 2.75) is 6.92 Å². The summed E-state index contributed by atoms with van der Waals surface area (Å²) >= 11 is 0. The first-order valence-corrected chi connectivity index (χ1v) is 8.16. The average Bonchev–Trinajstić information content (AvgIpc) is 3.02. The fourth-order valence-corrected chi connectivity index (χ4v) is 2.95. The maximum absolute atomic E-state index is 4.61. The lowest BCUT2D eigenvalue weighted by Crippen LogP contribution is -2.44. The highest BCUT2D eigenvalue weighted by atomic mass is 15.3. The first-order chi connectivity index (χ1) is 11.7. The summed E-state index contributed by atoms with van der Waals surface area (Å²) in [6, 6.07) is 6.04. The van der Waals surface area contributed by atoms with Crippen molar-refractivity contribution in [3.8, 4) is 0 Å². The zero-order chi connectivity index (χ0) is 16.5. The van der Waals surface area contributed by atoms with Crippen molar-refractivity contribution in [2.75, 3.05) is 43.4 Å². The standard InChI is InChI=1S/C17H21N7.H2/c1-13-19-15(12-17(20-13)24-9-7-22(2)8-10-24)21-14-3-5-23-6-4-18-16(23)11-14;/h3-6,11-12H,7-10H2,1-2H3,(H,19,20,21);1H. The number of nitrogens with one attached hydrogen (secondary N) is 1. The summed E-state index contributed by atoms with van der Waals surface area (Å²) in [6.07, 6.45) is 5.71. The topological polar surface area (TPSA) is 61.6 Å². The Morgan fingerprint density at radius 2 is 1.92 bits per heavy atom. The number of imidazole rings is 1. The van der Waals surface area contributed by atoms with Gasteiger partial charge in [0.05, 0.1) is 0 Å². The summed E-state index contributed by atoms with van der Waals surface area (Å²) in [7, 11) is 2.15. The summed E-state index contributed by atoms with van der Waals surface area (Å²) in [5.74, 6) is 2.57. The molecule has 1 fully saturated rings. The van der Waals surface area contributed by atoms with Crippen LogP contribution >= 0.6 is 0 Å². The Morgan fingerprint density at radius 3 is 2.75 bits per heavy atom. The Bertz CT molecular complexity index is 855. The van der Waals surface area contributed by atoms with Crippen molar-refractivity contribution in [1.82, 2.24) is 24.3 Å². The minimum absolute atomic E-state index is 0. The van der Waals surface area contributed by atoms with Gasteiger partial charge in [-0.2, -0.15) is 0 Å². The minimum atomic E-state index is 0. The molecule has 0 atom stereocenters. The van der Waals surface area contributed by atoms with Crippen LogP contribution in [-0.2, 0) is 0 Å². The molecule has 126 valence electrons. The largest absolute Gasteiger partial charge is 0.354 e. The van der Waals surface area contributed by atoms with Gasteiger partial charge in [-0.1, -0.05) is 0 Å². The molecule has 0 bridgehead atoms. The summed E-state index contributed by atoms with van der Waals surface area (Å²) in [5, 5.41) is 3.37. The minimum Gasteiger partial charge on any atom is -0.354 e. The molecule has 0 saturated carbocycles. The molecule has 1 N–H and O–H groups in total. The Balaban J connectivity index is 0.00000182. The van der Waals surface area contributed by atoms with Crippen LogP contribution in [-0.4, -0.2) is 57.5 Å². The van der Waals surface area contributed by atoms with E-state index in [0.29, 0.717) is 0 Å². The molecule has 1 saturated heterocycles. The quantitative estimate of drug-likeness (QED) is 0.796. The molecule has 0 amide bonds. The van der Waals surface area contributed by atoms with Crippen molar-refractivity contribution in [3.63, 3.8) is 0 Å². The van der Waals surface area contributed by atoms with Crippen molar-refractivity contribution in [2.24, 2.45) is 0 Å². The molecule has 0 aromatic carbocycles. The van der Waals surface area contributed by atoms with E-state index in [0.717, 1.165) is 55.0 Å². The van der Waals surface area contributed by atoms with E-state index in [1.165, 1.54) is 0 Å². The molecule has 4 rings (SSSR count). The molecule has 1 aliphatic rings. The van der Waals surface area contributed by atoms with Crippen molar-refractivity contribution >= 4 is 23.0 Å². The van der Waals surface area contributed by atoms with Crippen molar-refractivity contribution in [3.05, 3.63) is 42.6 Å². The number of hydrogen-bond acceptors (Lipinski definition) is 6. The highest BCUT2D eigenvalue weighted by Gasteiger charge is 2.16. The Hall–Kier alpha value is -2.67. The van der Waals surface area contributed by atoms with Gasteiger partial charge in [0.1, 0.15) is 23.1 Å². The van der Waals surface area contributed by atoms with E-state index < -0.39 is 0 Å². The van der Waals surface area contributed by atoms with E-state index in [1.54, 1.807) is 6.20 Å². The molecule has 7 heteroatoms. The van der Waals surface area contributed by atoms with Crippen LogP contribution in [0.25, 0.3) is 5.65 Å². The Morgan fingerprint density at radius 1 is 1.08 bits per heavy atom. The molecular weight excluding hydrogens is 302 g/mol. The lowest BCUT2D eigenvalue weighted by atomic mass is 10.3. The molecule has 0 spiro atoms. The third-order valence-electron chi connectivity index (χ3n) is 4.32. The van der Waals surface area contributed by atoms with Crippen molar-refractivity contribution < 1.29 is 1.43 Å². The van der Waals surface area contributed by atoms with E-state index in [9.17, 15) is 0 Å². The van der Waals surface area contributed by atoms with E-state index in [-0.39, 0.29) is 1.43 Å². The summed E-state index contributed by atoms with van der Waals surface area (Å²) in [4.78, 5) is 18.1. The van der Waals surface area contributed by atoms with E-state index in [1.807, 2.05) is 41.9 Å². The monoisotopic (exact) mass is 325 g/mol. The third kappa shape index (κ3) is 3.03. The van der Waals surface area contributed by atoms with Gasteiger partial charge in [0, 0.05) is 64.0 Å². The first kappa shape index (κ1) is 14.9. The highest BCUT2D eigenvalue weighted by molar-refractivity contribution is 5.63. The van der Waals surface area contributed by atoms with Crippen LogP contribution in [0.1, 0.15) is 7.25 Å². The van der Waals surface area contributed by atoms with Crippen LogP contribution < -0.4 is 10.2 Å². The van der Waals surface area contributed by atoms with Gasteiger partial charge in [0.15, 0.2) is 0 Å². The molecule has 7 nitrogen and oxygen atoms in total. The maximum atomic E-state index is 4.61. The fourth-order valence-electron chi connectivity index (χ4n) is 2.95. The van der Waals surface area contributed by atoms with Gasteiger partial charge in [0.25, 0.3) is 0 Å². The number of rotatable bonds is 3. The highest BCUT2D eigenvalue weighted by Crippen LogP contribution is 2.21. The zero-order valence-electron chi connectivity index (χ0n) is 14.0. The molecule has 3 aromatic heterocycles. The Labute approximate surface area is 142 Å². The van der Waals surface area contributed by atoms with E-state index in [4.69, 9.17) is 0 Å². The summed E-state index contributed by atoms with van der Waals surface area (Å²) in [6.45, 7) is 6.03. The smallest absolute Gasteiger partial charge is 0.138 e. The summed E-state index contributed by atoms with van der Waals surface area (Å²) < 4.78 is 1.98. The van der Waals surface area contributed by atoms with Crippen LogP contribution in [0.5, 0.6) is 0 Å². The van der Waals surface area contributed by atoms with Crippen LogP contribution in [0.15, 0.2) is 36.8 Å². The number of anilines is 3. The average molecular weight is 325 g/mol. The zero-order valence-corrected chi connectivity index (χ0v) is 14.0. The van der Waals surface area contributed by atoms with Gasteiger partial charge in [0.2, 0.25) is 0 Å². The van der Waals surface area contributed by atoms with Gasteiger partial charge in [-0.15, -0.1) is 0 Å². The predicted molar refractivity (Wildman–Crippen MR) is 97.1 cm³/mol. The number of pyridine rings is 1. The second-order valence-electron chi connectivity index (χ2n) is 6.18. The molecule has 0 radical (unpaired) electrons. The van der Waals surface area contributed by atoms with Crippen LogP contribution in [0.2, 0.25) is 0 Å². The van der Waals surface area contributed by atoms with Crippen molar-refractivity contribution in [1.29, 1.82) is 0 Å². The number of hydrogen-bond donors (Lipinski definition) is 1. The molecule has 1 aliphatic heterocycles. The van der Waals surface area contributed by atoms with Crippen LogP contribution in [0, 0.1) is 6.92 Å². The maximum Gasteiger partial charge on any atom is 0.138 e. The van der Waals surface area contributed by atoms with Crippen LogP contribution in [0.3, 0.4) is 0 Å². The normalized spacial score (nSPS) is 15.8. The second kappa shape index (κ2) is 6.09. The molecule has 24 heavy (non-hydrogen) atoms. The van der Waals surface area contributed by atoms with Gasteiger partial charge < -0.3 is 19.5 Å². The number of fused-ring (bicyclic) bond motifs is 1. The fraction of sp³-hybridized carbons (Fsp3) is 0.353. The second-order valence-corrected chi connectivity index (χ2v) is 6.18. The lowest BCUT2D eigenvalue weighted by molar-refractivity contribution is 0.312. The van der Waals surface area contributed by atoms with Gasteiger partial charge in [-0.25, -0.2) is 15.0 Å². The van der Waals surface area contributed by atoms with E-state index >= 15 is 0 Å². The number of nitrogens with zero attached hydrogens (tertiary/aromatic N) is 6. The molecule has 4 heterocycles. The number of aromatic nitrogens is 4. The van der Waals surface area contributed by atoms with Gasteiger partial charge in [-0.05, 0) is 20.0 Å². The van der Waals surface area contributed by atoms with E-state index in [2.05, 4.69) is 37.1 Å². The number of aryl methyl sites for hydroxylation is 1. The molecular formula is C17H23N7. The molecule has 3 aromatic rings. The Kier molecular flexibility index (Phi) is 3.78. The number of piperazine rings is 1. The molecule has 0 aliphatic carbocycles. The number of likely N-dealkylation sites (N-methyl/N-ethyl adjacent to an activating group) is 1. The van der Waals surface area contributed by atoms with Gasteiger partial charge in [-0.3, -0.25) is 0 Å². The first-order valence-electron chi connectivity index (χ1n) is 8.16. The lowest BCUT2D eigenvalue weighted by Gasteiger charge is -2.33. The summed E-state index contributed by atoms with van der Waals surface area (Å²) in [5.41, 5.74) is 1.88. The SMILES string of the molecule is Cc1nc(Nc2ccn3ccnc3c2)cc(N2CCN(C)CC2)n1.[HH]. The third-order valence-corrected chi connectivity index (χ3v) is 4.32.